The molecule has 27 heavy (non-hydrogen) atoms. The van der Waals surface area contributed by atoms with Gasteiger partial charge in [-0.1, -0.05) is 5.16 Å². The van der Waals surface area contributed by atoms with E-state index in [9.17, 15) is 4.39 Å². The molecule has 1 fully saturated rings. The van der Waals surface area contributed by atoms with Crippen molar-refractivity contribution in [2.45, 2.75) is 18.8 Å². The number of hydrogen-bond acceptors (Lipinski definition) is 8. The lowest BCUT2D eigenvalue weighted by Crippen LogP contribution is -2.35. The van der Waals surface area contributed by atoms with Crippen LogP contribution in [0.15, 0.2) is 40.9 Å². The van der Waals surface area contributed by atoms with Crippen LogP contribution in [0.25, 0.3) is 17.0 Å². The second-order valence-electron chi connectivity index (χ2n) is 6.47. The number of anilines is 1. The Hall–Kier alpha value is -3.43. The summed E-state index contributed by atoms with van der Waals surface area (Å²) in [7, 11) is 0. The summed E-state index contributed by atoms with van der Waals surface area (Å²) in [6, 6.07) is 9.80. The highest BCUT2D eigenvalue weighted by Gasteiger charge is 2.27. The number of benzene rings is 1. The molecule has 4 aromatic rings. The fraction of sp³-hybridized carbons (Fsp3) is 0.294. The number of rotatable bonds is 3. The van der Waals surface area contributed by atoms with Crippen molar-refractivity contribution < 1.29 is 8.91 Å². The van der Waals surface area contributed by atoms with Gasteiger partial charge in [0, 0.05) is 18.7 Å². The van der Waals surface area contributed by atoms with Crippen molar-refractivity contribution in [3.05, 3.63) is 48.1 Å². The third-order valence-electron chi connectivity index (χ3n) is 4.69. The number of aromatic nitrogens is 7. The van der Waals surface area contributed by atoms with Crippen molar-refractivity contribution >= 4 is 11.5 Å². The molecule has 1 aliphatic rings. The topological polar surface area (TPSA) is 98.1 Å². The first-order valence-electron chi connectivity index (χ1n) is 8.66. The largest absolute Gasteiger partial charge is 0.354 e. The summed E-state index contributed by atoms with van der Waals surface area (Å²) < 4.78 is 20.0. The summed E-state index contributed by atoms with van der Waals surface area (Å²) >= 11 is 0. The highest BCUT2D eigenvalue weighted by Crippen LogP contribution is 2.29. The van der Waals surface area contributed by atoms with Gasteiger partial charge in [0.2, 0.25) is 11.7 Å². The summed E-state index contributed by atoms with van der Waals surface area (Å²) in [6.07, 6.45) is 1.93. The summed E-state index contributed by atoms with van der Waals surface area (Å²) in [5, 5.41) is 19.8. The molecule has 4 heterocycles. The van der Waals surface area contributed by atoms with Gasteiger partial charge in [-0.25, -0.2) is 4.39 Å². The summed E-state index contributed by atoms with van der Waals surface area (Å²) in [5.41, 5.74) is 1.33. The zero-order valence-corrected chi connectivity index (χ0v) is 14.2. The lowest BCUT2D eigenvalue weighted by molar-refractivity contribution is 0.333. The van der Waals surface area contributed by atoms with E-state index in [1.54, 1.807) is 12.1 Å². The van der Waals surface area contributed by atoms with Crippen molar-refractivity contribution in [3.8, 4) is 11.4 Å². The molecule has 0 spiro atoms. The minimum Gasteiger partial charge on any atom is -0.354 e. The molecule has 3 aromatic heterocycles. The van der Waals surface area contributed by atoms with E-state index in [-0.39, 0.29) is 11.7 Å². The predicted octanol–water partition coefficient (Wildman–Crippen LogP) is 2.09. The van der Waals surface area contributed by atoms with Crippen LogP contribution >= 0.6 is 0 Å². The van der Waals surface area contributed by atoms with Crippen LogP contribution in [0.4, 0.5) is 10.2 Å². The summed E-state index contributed by atoms with van der Waals surface area (Å²) in [4.78, 5) is 6.68. The molecule has 1 aliphatic heterocycles. The van der Waals surface area contributed by atoms with E-state index < -0.39 is 0 Å². The van der Waals surface area contributed by atoms with Crippen LogP contribution in [0, 0.1) is 5.82 Å². The molecule has 9 nitrogen and oxygen atoms in total. The Balaban J connectivity index is 1.37. The van der Waals surface area contributed by atoms with Gasteiger partial charge in [0.05, 0.1) is 5.92 Å². The van der Waals surface area contributed by atoms with E-state index >= 15 is 0 Å². The Morgan fingerprint density at radius 2 is 2.00 bits per heavy atom. The van der Waals surface area contributed by atoms with Gasteiger partial charge in [0.1, 0.15) is 5.82 Å². The van der Waals surface area contributed by atoms with Gasteiger partial charge < -0.3 is 9.42 Å². The number of halogens is 1. The predicted molar refractivity (Wildman–Crippen MR) is 92.5 cm³/mol. The standard InChI is InChI=1S/C17H15FN8O/c18-13-5-3-11(4-6-13)16-19-17(27-22-16)12-2-1-9-25(10-12)15-8-7-14-20-23-24-26(14)21-15/h3-8,12H,1-2,9-10H2. The monoisotopic (exact) mass is 366 g/mol. The molecular weight excluding hydrogens is 351 g/mol. The zero-order chi connectivity index (χ0) is 18.2. The van der Waals surface area contributed by atoms with Gasteiger partial charge in [0.15, 0.2) is 11.5 Å². The minimum atomic E-state index is -0.294. The van der Waals surface area contributed by atoms with Crippen LogP contribution in [0.5, 0.6) is 0 Å². The lowest BCUT2D eigenvalue weighted by Gasteiger charge is -2.31. The van der Waals surface area contributed by atoms with E-state index in [1.807, 2.05) is 12.1 Å². The first kappa shape index (κ1) is 15.8. The van der Waals surface area contributed by atoms with Crippen molar-refractivity contribution in [2.24, 2.45) is 0 Å². The quantitative estimate of drug-likeness (QED) is 0.544. The molecule has 1 aromatic carbocycles. The van der Waals surface area contributed by atoms with Crippen molar-refractivity contribution in [1.82, 2.24) is 35.4 Å². The minimum absolute atomic E-state index is 0.104. The van der Waals surface area contributed by atoms with E-state index in [4.69, 9.17) is 4.52 Å². The third-order valence-corrected chi connectivity index (χ3v) is 4.69. The molecule has 1 atom stereocenters. The molecule has 0 saturated carbocycles. The Morgan fingerprint density at radius 1 is 1.11 bits per heavy atom. The van der Waals surface area contributed by atoms with Gasteiger partial charge in [-0.05, 0) is 59.7 Å². The average Bonchev–Trinajstić information content (AvgIpc) is 3.38. The van der Waals surface area contributed by atoms with Crippen LogP contribution in [0.1, 0.15) is 24.7 Å². The van der Waals surface area contributed by atoms with Crippen LogP contribution in [0.2, 0.25) is 0 Å². The van der Waals surface area contributed by atoms with Crippen LogP contribution < -0.4 is 4.90 Å². The maximum atomic E-state index is 13.1. The second kappa shape index (κ2) is 6.38. The smallest absolute Gasteiger partial charge is 0.231 e. The van der Waals surface area contributed by atoms with E-state index in [1.165, 1.54) is 16.8 Å². The van der Waals surface area contributed by atoms with E-state index in [2.05, 4.69) is 35.7 Å². The van der Waals surface area contributed by atoms with Crippen molar-refractivity contribution in [3.63, 3.8) is 0 Å². The first-order chi connectivity index (χ1) is 13.3. The van der Waals surface area contributed by atoms with Gasteiger partial charge in [0.25, 0.3) is 0 Å². The first-order valence-corrected chi connectivity index (χ1v) is 8.66. The van der Waals surface area contributed by atoms with Crippen LogP contribution in [0.3, 0.4) is 0 Å². The SMILES string of the molecule is Fc1ccc(-c2noc(C3CCCN(c4ccc5nnnn5n4)C3)n2)cc1. The maximum Gasteiger partial charge on any atom is 0.231 e. The zero-order valence-electron chi connectivity index (χ0n) is 14.2. The van der Waals surface area contributed by atoms with Crippen molar-refractivity contribution in [2.75, 3.05) is 18.0 Å². The van der Waals surface area contributed by atoms with Crippen LogP contribution in [-0.4, -0.2) is 48.5 Å². The lowest BCUT2D eigenvalue weighted by atomic mass is 9.98. The molecule has 0 aliphatic carbocycles. The number of piperidine rings is 1. The molecule has 1 saturated heterocycles. The van der Waals surface area contributed by atoms with E-state index in [0.717, 1.165) is 30.8 Å². The number of fused-ring (bicyclic) bond motifs is 1. The molecule has 136 valence electrons. The Labute approximate surface area is 152 Å². The number of tetrazole rings is 1. The molecular formula is C17H15FN8O. The third kappa shape index (κ3) is 2.98. The van der Waals surface area contributed by atoms with Gasteiger partial charge in [-0.15, -0.1) is 14.8 Å². The van der Waals surface area contributed by atoms with Gasteiger partial charge >= 0.3 is 0 Å². The molecule has 10 heteroatoms. The van der Waals surface area contributed by atoms with Gasteiger partial charge in [-0.3, -0.25) is 0 Å². The Morgan fingerprint density at radius 3 is 2.89 bits per heavy atom. The average molecular weight is 366 g/mol. The number of nitrogens with zero attached hydrogens (tertiary/aromatic N) is 8. The number of hydrogen-bond donors (Lipinski definition) is 0. The molecule has 5 rings (SSSR count). The van der Waals surface area contributed by atoms with Crippen LogP contribution in [-0.2, 0) is 0 Å². The molecule has 0 N–H and O–H groups in total. The van der Waals surface area contributed by atoms with Crippen molar-refractivity contribution in [1.29, 1.82) is 0 Å². The highest BCUT2D eigenvalue weighted by atomic mass is 19.1. The summed E-state index contributed by atoms with van der Waals surface area (Å²) in [5.74, 6) is 1.67. The van der Waals surface area contributed by atoms with E-state index in [0.29, 0.717) is 23.9 Å². The maximum absolute atomic E-state index is 13.1. The molecule has 0 radical (unpaired) electrons. The summed E-state index contributed by atoms with van der Waals surface area (Å²) in [6.45, 7) is 1.60. The molecule has 1 unspecified atom stereocenters. The normalized spacial score (nSPS) is 17.5. The Kier molecular flexibility index (Phi) is 3.73. The molecule has 0 bridgehead atoms. The highest BCUT2D eigenvalue weighted by molar-refractivity contribution is 5.54. The molecule has 0 amide bonds. The fourth-order valence-electron chi connectivity index (χ4n) is 3.31. The van der Waals surface area contributed by atoms with Gasteiger partial charge in [-0.2, -0.15) is 4.98 Å². The fourth-order valence-corrected chi connectivity index (χ4v) is 3.31. The second-order valence-corrected chi connectivity index (χ2v) is 6.47. The Bertz CT molecular complexity index is 1080.